The second-order valence-corrected chi connectivity index (χ2v) is 8.84. The number of halogens is 2. The van der Waals surface area contributed by atoms with Crippen molar-refractivity contribution < 1.29 is 13.6 Å². The summed E-state index contributed by atoms with van der Waals surface area (Å²) in [6.07, 6.45) is 4.61. The standard InChI is InChI=1S/C23H19F2N7O3/c24-23(25)11-31(12-23)21(34)14-3-1-2-13(6-14)15-9-30(10-15)18-7-17(29-32-5-4-26-19(18)32)16-8-27-22(35)28-20(16)33/h1-8,15H,9-12H2,(H2,27,28,33,35). The highest BCUT2D eigenvalue weighted by molar-refractivity contribution is 5.95. The van der Waals surface area contributed by atoms with E-state index >= 15 is 0 Å². The number of hydrogen-bond donors (Lipinski definition) is 2. The van der Waals surface area contributed by atoms with Crippen LogP contribution in [0.25, 0.3) is 16.9 Å². The van der Waals surface area contributed by atoms with E-state index in [1.165, 1.54) is 6.20 Å². The minimum absolute atomic E-state index is 0.128. The lowest BCUT2D eigenvalue weighted by Crippen LogP contribution is -2.58. The fourth-order valence-electron chi connectivity index (χ4n) is 4.51. The molecule has 0 atom stereocenters. The molecule has 0 saturated carbocycles. The topological polar surface area (TPSA) is 119 Å². The van der Waals surface area contributed by atoms with Crippen LogP contribution in [0, 0.1) is 0 Å². The van der Waals surface area contributed by atoms with E-state index in [0.29, 0.717) is 30.0 Å². The van der Waals surface area contributed by atoms with Crippen LogP contribution in [0.4, 0.5) is 14.5 Å². The zero-order chi connectivity index (χ0) is 24.3. The Labute approximate surface area is 195 Å². The van der Waals surface area contributed by atoms with E-state index in [1.807, 2.05) is 6.07 Å². The lowest BCUT2D eigenvalue weighted by atomic mass is 9.89. The van der Waals surface area contributed by atoms with E-state index in [0.717, 1.165) is 16.2 Å². The molecule has 2 saturated heterocycles. The van der Waals surface area contributed by atoms with Gasteiger partial charge in [-0.3, -0.25) is 14.6 Å². The fraction of sp³-hybridized carbons (Fsp3) is 0.261. The zero-order valence-electron chi connectivity index (χ0n) is 18.2. The average molecular weight is 479 g/mol. The number of aromatic amines is 2. The molecule has 0 spiro atoms. The Morgan fingerprint density at radius 3 is 2.69 bits per heavy atom. The zero-order valence-corrected chi connectivity index (χ0v) is 18.2. The molecule has 178 valence electrons. The van der Waals surface area contributed by atoms with Gasteiger partial charge in [0.25, 0.3) is 17.4 Å². The quantitative estimate of drug-likeness (QED) is 0.458. The molecule has 12 heteroatoms. The molecular formula is C23H19F2N7O3. The number of benzene rings is 1. The Morgan fingerprint density at radius 1 is 1.14 bits per heavy atom. The van der Waals surface area contributed by atoms with E-state index in [9.17, 15) is 23.2 Å². The number of alkyl halides is 2. The molecule has 6 rings (SSSR count). The molecule has 2 N–H and O–H groups in total. The van der Waals surface area contributed by atoms with Crippen molar-refractivity contribution in [2.24, 2.45) is 0 Å². The van der Waals surface area contributed by atoms with Crippen LogP contribution in [0.1, 0.15) is 21.8 Å². The van der Waals surface area contributed by atoms with Gasteiger partial charge < -0.3 is 14.8 Å². The first-order chi connectivity index (χ1) is 16.8. The molecule has 2 aliphatic rings. The molecule has 10 nitrogen and oxygen atoms in total. The number of amides is 1. The number of carbonyl (C=O) groups excluding carboxylic acids is 1. The van der Waals surface area contributed by atoms with Gasteiger partial charge in [0, 0.05) is 43.2 Å². The molecule has 0 aliphatic carbocycles. The van der Waals surface area contributed by atoms with Gasteiger partial charge in [-0.1, -0.05) is 12.1 Å². The van der Waals surface area contributed by atoms with Gasteiger partial charge in [-0.2, -0.15) is 5.10 Å². The predicted octanol–water partition coefficient (Wildman–Crippen LogP) is 1.47. The van der Waals surface area contributed by atoms with Crippen LogP contribution >= 0.6 is 0 Å². The summed E-state index contributed by atoms with van der Waals surface area (Å²) in [4.78, 5) is 48.5. The van der Waals surface area contributed by atoms with Gasteiger partial charge in [0.15, 0.2) is 5.65 Å². The van der Waals surface area contributed by atoms with Gasteiger partial charge in [-0.15, -0.1) is 0 Å². The number of nitrogens with zero attached hydrogens (tertiary/aromatic N) is 5. The summed E-state index contributed by atoms with van der Waals surface area (Å²) in [5, 5.41) is 4.44. The summed E-state index contributed by atoms with van der Waals surface area (Å²) < 4.78 is 27.9. The van der Waals surface area contributed by atoms with Gasteiger partial charge in [-0.05, 0) is 23.8 Å². The van der Waals surface area contributed by atoms with Crippen molar-refractivity contribution >= 4 is 17.2 Å². The summed E-state index contributed by atoms with van der Waals surface area (Å²) in [7, 11) is 0. The van der Waals surface area contributed by atoms with Crippen LogP contribution in [0.5, 0.6) is 0 Å². The van der Waals surface area contributed by atoms with Gasteiger partial charge in [0.1, 0.15) is 5.69 Å². The van der Waals surface area contributed by atoms with Crippen LogP contribution < -0.4 is 16.1 Å². The number of hydrogen-bond acceptors (Lipinski definition) is 6. The third kappa shape index (κ3) is 3.66. The molecular weight excluding hydrogens is 460 g/mol. The van der Waals surface area contributed by atoms with Crippen LogP contribution in [0.3, 0.4) is 0 Å². The lowest BCUT2D eigenvalue weighted by molar-refractivity contribution is -0.113. The maximum atomic E-state index is 13.2. The minimum Gasteiger partial charge on any atom is -0.367 e. The molecule has 2 aliphatic heterocycles. The third-order valence-electron chi connectivity index (χ3n) is 6.39. The first-order valence-electron chi connectivity index (χ1n) is 11.0. The second-order valence-electron chi connectivity index (χ2n) is 8.84. The molecule has 1 amide bonds. The van der Waals surface area contributed by atoms with Crippen LogP contribution in [0.2, 0.25) is 0 Å². The van der Waals surface area contributed by atoms with Crippen LogP contribution in [-0.2, 0) is 0 Å². The largest absolute Gasteiger partial charge is 0.367 e. The highest BCUT2D eigenvalue weighted by atomic mass is 19.3. The van der Waals surface area contributed by atoms with Gasteiger partial charge in [0.2, 0.25) is 0 Å². The highest BCUT2D eigenvalue weighted by Gasteiger charge is 2.46. The van der Waals surface area contributed by atoms with Crippen molar-refractivity contribution in [2.45, 2.75) is 11.8 Å². The summed E-state index contributed by atoms with van der Waals surface area (Å²) in [5.74, 6) is -3.06. The molecule has 5 heterocycles. The molecule has 3 aromatic heterocycles. The van der Waals surface area contributed by atoms with Crippen molar-refractivity contribution in [3.63, 3.8) is 0 Å². The summed E-state index contributed by atoms with van der Waals surface area (Å²) >= 11 is 0. The molecule has 0 unspecified atom stereocenters. The lowest BCUT2D eigenvalue weighted by Gasteiger charge is -2.42. The van der Waals surface area contributed by atoms with E-state index in [4.69, 9.17) is 0 Å². The third-order valence-corrected chi connectivity index (χ3v) is 6.39. The van der Waals surface area contributed by atoms with Crippen molar-refractivity contribution in [3.8, 4) is 11.3 Å². The van der Waals surface area contributed by atoms with E-state index < -0.39 is 36.2 Å². The first-order valence-corrected chi connectivity index (χ1v) is 11.0. The highest BCUT2D eigenvalue weighted by Crippen LogP contribution is 2.35. The maximum Gasteiger partial charge on any atom is 0.325 e. The Balaban J connectivity index is 1.25. The molecule has 1 aromatic carbocycles. The number of carbonyl (C=O) groups is 1. The monoisotopic (exact) mass is 479 g/mol. The van der Waals surface area contributed by atoms with Gasteiger partial charge in [-0.25, -0.2) is 23.1 Å². The van der Waals surface area contributed by atoms with E-state index in [2.05, 4.69) is 25.0 Å². The molecule has 0 bridgehead atoms. The molecule has 4 aromatic rings. The number of rotatable bonds is 4. The van der Waals surface area contributed by atoms with Gasteiger partial charge >= 0.3 is 5.69 Å². The van der Waals surface area contributed by atoms with Crippen molar-refractivity contribution in [1.82, 2.24) is 29.5 Å². The number of likely N-dealkylation sites (tertiary alicyclic amines) is 1. The number of nitrogens with one attached hydrogen (secondary N) is 2. The second kappa shape index (κ2) is 7.58. The predicted molar refractivity (Wildman–Crippen MR) is 122 cm³/mol. The number of anilines is 1. The van der Waals surface area contributed by atoms with Crippen LogP contribution in [-0.4, -0.2) is 67.5 Å². The average Bonchev–Trinajstić information content (AvgIpc) is 3.25. The summed E-state index contributed by atoms with van der Waals surface area (Å²) in [6, 6.07) is 8.86. The summed E-state index contributed by atoms with van der Waals surface area (Å²) in [5.41, 5.74) is 2.20. The van der Waals surface area contributed by atoms with Crippen molar-refractivity contribution in [2.75, 3.05) is 31.1 Å². The van der Waals surface area contributed by atoms with Gasteiger partial charge in [0.05, 0.1) is 24.3 Å². The minimum atomic E-state index is -2.80. The SMILES string of the molecule is O=C(c1cccc(C2CN(c3cc(-c4c[nH]c(=O)[nH]c4=O)nn4ccnc34)C2)c1)N1CC(F)(F)C1. The molecule has 2 fully saturated rings. The van der Waals surface area contributed by atoms with E-state index in [1.54, 1.807) is 41.2 Å². The van der Waals surface area contributed by atoms with Crippen LogP contribution in [0.15, 0.2) is 58.5 Å². The number of aromatic nitrogens is 5. The molecule has 35 heavy (non-hydrogen) atoms. The number of fused-ring (bicyclic) bond motifs is 1. The Morgan fingerprint density at radius 2 is 1.94 bits per heavy atom. The first kappa shape index (κ1) is 21.2. The molecule has 0 radical (unpaired) electrons. The summed E-state index contributed by atoms with van der Waals surface area (Å²) in [6.45, 7) is 0.174. The van der Waals surface area contributed by atoms with Crippen molar-refractivity contribution in [1.29, 1.82) is 0 Å². The fourth-order valence-corrected chi connectivity index (χ4v) is 4.51. The number of H-pyrrole nitrogens is 2. The smallest absolute Gasteiger partial charge is 0.325 e. The Bertz CT molecular complexity index is 1580. The Kier molecular flexibility index (Phi) is 4.59. The van der Waals surface area contributed by atoms with E-state index in [-0.39, 0.29) is 11.5 Å². The number of imidazole rings is 1. The van der Waals surface area contributed by atoms with Crippen molar-refractivity contribution in [3.05, 3.63) is 80.9 Å². The Hall–Kier alpha value is -4.35. The normalized spacial score (nSPS) is 17.3. The maximum absolute atomic E-state index is 13.2.